The van der Waals surface area contributed by atoms with Gasteiger partial charge in [0.2, 0.25) is 0 Å². The molecule has 0 bridgehead atoms. The molecule has 14 heavy (non-hydrogen) atoms. The summed E-state index contributed by atoms with van der Waals surface area (Å²) >= 11 is 12.1. The van der Waals surface area contributed by atoms with Crippen LogP contribution in [0.25, 0.3) is 0 Å². The van der Waals surface area contributed by atoms with Gasteiger partial charge in [0.25, 0.3) is 0 Å². The molecular weight excluding hydrogens is 221 g/mol. The van der Waals surface area contributed by atoms with Crippen LogP contribution in [-0.4, -0.2) is 24.6 Å². The quantitative estimate of drug-likeness (QED) is 0.772. The van der Waals surface area contributed by atoms with E-state index in [1.54, 1.807) is 12.4 Å². The molecule has 2 N–H and O–H groups in total. The van der Waals surface area contributed by atoms with Gasteiger partial charge in [-0.05, 0) is 0 Å². The molecule has 5 heteroatoms. The van der Waals surface area contributed by atoms with E-state index in [4.69, 9.17) is 23.2 Å². The third-order valence-corrected chi connectivity index (χ3v) is 2.88. The van der Waals surface area contributed by atoms with Gasteiger partial charge in [0, 0.05) is 43.6 Å². The molecule has 1 aliphatic heterocycles. The van der Waals surface area contributed by atoms with Crippen molar-refractivity contribution in [2.75, 3.05) is 19.6 Å². The Morgan fingerprint density at radius 1 is 1.21 bits per heavy atom. The fourth-order valence-electron chi connectivity index (χ4n) is 1.61. The van der Waals surface area contributed by atoms with Gasteiger partial charge < -0.3 is 10.6 Å². The van der Waals surface area contributed by atoms with Crippen molar-refractivity contribution in [1.29, 1.82) is 0 Å². The summed E-state index contributed by atoms with van der Waals surface area (Å²) in [5.41, 5.74) is 0.940. The molecule has 2 rings (SSSR count). The second-order valence-corrected chi connectivity index (χ2v) is 4.04. The Kier molecular flexibility index (Phi) is 3.23. The summed E-state index contributed by atoms with van der Waals surface area (Å²) in [7, 11) is 0. The van der Waals surface area contributed by atoms with Crippen molar-refractivity contribution in [3.8, 4) is 0 Å². The molecule has 1 aliphatic rings. The van der Waals surface area contributed by atoms with Gasteiger partial charge in [0.05, 0.1) is 10.0 Å². The monoisotopic (exact) mass is 231 g/mol. The average Bonchev–Trinajstić information content (AvgIpc) is 2.19. The smallest absolute Gasteiger partial charge is 0.0652 e. The van der Waals surface area contributed by atoms with Gasteiger partial charge in [0.1, 0.15) is 0 Å². The van der Waals surface area contributed by atoms with E-state index in [9.17, 15) is 0 Å². The van der Waals surface area contributed by atoms with Crippen molar-refractivity contribution < 1.29 is 0 Å². The second-order valence-electron chi connectivity index (χ2n) is 3.23. The normalized spacial score (nSPS) is 22.3. The predicted molar refractivity (Wildman–Crippen MR) is 57.9 cm³/mol. The number of aromatic nitrogens is 1. The van der Waals surface area contributed by atoms with Crippen molar-refractivity contribution in [3.63, 3.8) is 0 Å². The number of nitrogens with one attached hydrogen (secondary N) is 2. The summed E-state index contributed by atoms with van der Waals surface area (Å²) in [6.45, 7) is 2.76. The maximum Gasteiger partial charge on any atom is 0.0652 e. The zero-order valence-electron chi connectivity index (χ0n) is 7.56. The lowest BCUT2D eigenvalue weighted by molar-refractivity contribution is 0.430. The molecule has 0 amide bonds. The third-order valence-electron chi connectivity index (χ3n) is 2.28. The number of hydrogen-bond donors (Lipinski definition) is 2. The third kappa shape index (κ3) is 2.01. The van der Waals surface area contributed by atoms with Crippen molar-refractivity contribution in [2.45, 2.75) is 6.04 Å². The van der Waals surface area contributed by atoms with Gasteiger partial charge in [-0.15, -0.1) is 0 Å². The molecule has 2 heterocycles. The zero-order chi connectivity index (χ0) is 9.97. The topological polar surface area (TPSA) is 37.0 Å². The van der Waals surface area contributed by atoms with Gasteiger partial charge in [-0.3, -0.25) is 4.98 Å². The maximum atomic E-state index is 6.05. The van der Waals surface area contributed by atoms with Crippen molar-refractivity contribution in [2.24, 2.45) is 0 Å². The minimum Gasteiger partial charge on any atom is -0.314 e. The molecule has 0 unspecified atom stereocenters. The molecule has 76 valence electrons. The van der Waals surface area contributed by atoms with Crippen LogP contribution in [0.4, 0.5) is 0 Å². The molecule has 1 aromatic heterocycles. The van der Waals surface area contributed by atoms with Crippen LogP contribution in [-0.2, 0) is 0 Å². The average molecular weight is 232 g/mol. The Bertz CT molecular complexity index is 304. The highest BCUT2D eigenvalue weighted by Gasteiger charge is 2.19. The SMILES string of the molecule is Clc1cncc(Cl)c1[C@@H]1CNCCN1. The van der Waals surface area contributed by atoms with Crippen molar-refractivity contribution in [1.82, 2.24) is 15.6 Å². The highest BCUT2D eigenvalue weighted by atomic mass is 35.5. The summed E-state index contributed by atoms with van der Waals surface area (Å²) in [5, 5.41) is 7.89. The predicted octanol–water partition coefficient (Wildman–Crippen LogP) is 1.62. The molecule has 0 saturated carbocycles. The number of halogens is 2. The molecule has 0 aromatic carbocycles. The Morgan fingerprint density at radius 3 is 2.50 bits per heavy atom. The van der Waals surface area contributed by atoms with E-state index in [1.165, 1.54) is 0 Å². The standard InChI is InChI=1S/C9H11Cl2N3/c10-6-3-13-4-7(11)9(6)8-5-12-1-2-14-8/h3-4,8,12,14H,1-2,5H2/t8-/m0/s1. The summed E-state index contributed by atoms with van der Waals surface area (Å²) in [4.78, 5) is 3.93. The maximum absolute atomic E-state index is 6.05. The first kappa shape index (κ1) is 10.2. The fraction of sp³-hybridized carbons (Fsp3) is 0.444. The minimum absolute atomic E-state index is 0.187. The van der Waals surface area contributed by atoms with Crippen LogP contribution < -0.4 is 10.6 Å². The molecule has 0 spiro atoms. The van der Waals surface area contributed by atoms with Gasteiger partial charge in [0.15, 0.2) is 0 Å². The molecule has 1 atom stereocenters. The summed E-state index contributed by atoms with van der Waals surface area (Å²) < 4.78 is 0. The first-order valence-electron chi connectivity index (χ1n) is 4.52. The highest BCUT2D eigenvalue weighted by molar-refractivity contribution is 6.35. The number of pyridine rings is 1. The summed E-state index contributed by atoms with van der Waals surface area (Å²) in [5.74, 6) is 0. The van der Waals surface area contributed by atoms with E-state index in [0.717, 1.165) is 25.2 Å². The molecule has 1 aromatic rings. The van der Waals surface area contributed by atoms with E-state index < -0.39 is 0 Å². The van der Waals surface area contributed by atoms with Gasteiger partial charge in [-0.1, -0.05) is 23.2 Å². The van der Waals surface area contributed by atoms with E-state index in [2.05, 4.69) is 15.6 Å². The lowest BCUT2D eigenvalue weighted by Crippen LogP contribution is -2.42. The van der Waals surface area contributed by atoms with Crippen LogP contribution in [0, 0.1) is 0 Å². The Balaban J connectivity index is 2.29. The molecule has 3 nitrogen and oxygen atoms in total. The second kappa shape index (κ2) is 4.45. The van der Waals surface area contributed by atoms with Crippen molar-refractivity contribution >= 4 is 23.2 Å². The Hall–Kier alpha value is -0.350. The highest BCUT2D eigenvalue weighted by Crippen LogP contribution is 2.29. The number of rotatable bonds is 1. The van der Waals surface area contributed by atoms with E-state index >= 15 is 0 Å². The van der Waals surface area contributed by atoms with Crippen LogP contribution in [0.5, 0.6) is 0 Å². The van der Waals surface area contributed by atoms with Gasteiger partial charge in [-0.2, -0.15) is 0 Å². The minimum atomic E-state index is 0.187. The van der Waals surface area contributed by atoms with Crippen molar-refractivity contribution in [3.05, 3.63) is 28.0 Å². The summed E-state index contributed by atoms with van der Waals surface area (Å²) in [6.07, 6.45) is 3.25. The van der Waals surface area contributed by atoms with Gasteiger partial charge >= 0.3 is 0 Å². The Labute approximate surface area is 92.8 Å². The van der Waals surface area contributed by atoms with Crippen LogP contribution in [0.1, 0.15) is 11.6 Å². The molecule has 0 radical (unpaired) electrons. The molecule has 0 aliphatic carbocycles. The zero-order valence-corrected chi connectivity index (χ0v) is 9.07. The summed E-state index contributed by atoms with van der Waals surface area (Å²) in [6, 6.07) is 0.187. The molecule has 1 saturated heterocycles. The number of piperazine rings is 1. The van der Waals surface area contributed by atoms with Crippen LogP contribution >= 0.6 is 23.2 Å². The first-order valence-corrected chi connectivity index (χ1v) is 5.27. The van der Waals surface area contributed by atoms with Gasteiger partial charge in [-0.25, -0.2) is 0 Å². The van der Waals surface area contributed by atoms with Crippen LogP contribution in [0.3, 0.4) is 0 Å². The number of nitrogens with zero attached hydrogens (tertiary/aromatic N) is 1. The lowest BCUT2D eigenvalue weighted by atomic mass is 10.1. The largest absolute Gasteiger partial charge is 0.314 e. The lowest BCUT2D eigenvalue weighted by Gasteiger charge is -2.26. The Morgan fingerprint density at radius 2 is 1.93 bits per heavy atom. The van der Waals surface area contributed by atoms with E-state index in [1.807, 2.05) is 0 Å². The molecular formula is C9H11Cl2N3. The number of hydrogen-bond acceptors (Lipinski definition) is 3. The van der Waals surface area contributed by atoms with E-state index in [-0.39, 0.29) is 6.04 Å². The van der Waals surface area contributed by atoms with Crippen LogP contribution in [0.2, 0.25) is 10.0 Å². The molecule has 1 fully saturated rings. The fourth-order valence-corrected chi connectivity index (χ4v) is 2.24. The first-order chi connectivity index (χ1) is 6.79. The van der Waals surface area contributed by atoms with Crippen LogP contribution in [0.15, 0.2) is 12.4 Å². The van der Waals surface area contributed by atoms with E-state index in [0.29, 0.717) is 10.0 Å².